The fourth-order valence-electron chi connectivity index (χ4n) is 2.55. The van der Waals surface area contributed by atoms with Crippen LogP contribution in [0.3, 0.4) is 0 Å². The van der Waals surface area contributed by atoms with Gasteiger partial charge in [-0.15, -0.1) is 0 Å². The van der Waals surface area contributed by atoms with Crippen molar-refractivity contribution < 1.29 is 29.3 Å². The molecule has 2 aromatic carbocycles. The minimum absolute atomic E-state index is 0.0499. The number of nitro groups is 2. The van der Waals surface area contributed by atoms with Gasteiger partial charge in [0.05, 0.1) is 45.4 Å². The predicted molar refractivity (Wildman–Crippen MR) is 96.3 cm³/mol. The van der Waals surface area contributed by atoms with Crippen molar-refractivity contribution in [2.75, 3.05) is 19.0 Å². The number of nitrogens with zero attached hydrogens (tertiary/aromatic N) is 2. The molecule has 0 aromatic heterocycles. The summed E-state index contributed by atoms with van der Waals surface area (Å²) in [4.78, 5) is 45.2. The highest BCUT2D eigenvalue weighted by atomic mass is 16.6. The average molecular weight is 389 g/mol. The maximum Gasteiger partial charge on any atom is 0.338 e. The molecule has 0 saturated heterocycles. The smallest absolute Gasteiger partial charge is 0.338 e. The van der Waals surface area contributed by atoms with E-state index in [-0.39, 0.29) is 28.8 Å². The molecule has 2 N–H and O–H groups in total. The lowest BCUT2D eigenvalue weighted by atomic mass is 10.0. The SMILES string of the molecule is COC(=O)c1ccccc1C(=O)Nc1cc([N+](=O)[O-])cc([N+](=O)[O-])c1CCO. The number of nitrogens with one attached hydrogen (secondary N) is 1. The van der Waals surface area contributed by atoms with Gasteiger partial charge in [0, 0.05) is 19.1 Å². The van der Waals surface area contributed by atoms with E-state index in [1.807, 2.05) is 0 Å². The maximum atomic E-state index is 12.7. The molecule has 0 fully saturated rings. The third-order valence-electron chi connectivity index (χ3n) is 3.81. The van der Waals surface area contributed by atoms with Crippen LogP contribution in [0.5, 0.6) is 0 Å². The Balaban J connectivity index is 2.56. The van der Waals surface area contributed by atoms with E-state index in [0.717, 1.165) is 19.2 Å². The van der Waals surface area contributed by atoms with Crippen molar-refractivity contribution in [2.45, 2.75) is 6.42 Å². The molecule has 2 rings (SSSR count). The van der Waals surface area contributed by atoms with Crippen LogP contribution >= 0.6 is 0 Å². The fourth-order valence-corrected chi connectivity index (χ4v) is 2.55. The maximum absolute atomic E-state index is 12.7. The Kier molecular flexibility index (Phi) is 6.34. The highest BCUT2D eigenvalue weighted by Gasteiger charge is 2.26. The summed E-state index contributed by atoms with van der Waals surface area (Å²) in [6.07, 6.45) is -0.220. The van der Waals surface area contributed by atoms with Crippen molar-refractivity contribution in [3.63, 3.8) is 0 Å². The van der Waals surface area contributed by atoms with Crippen LogP contribution in [0.4, 0.5) is 17.1 Å². The number of carbonyl (C=O) groups excluding carboxylic acids is 2. The number of nitro benzene ring substituents is 2. The van der Waals surface area contributed by atoms with E-state index in [1.54, 1.807) is 0 Å². The molecule has 0 aliphatic heterocycles. The number of aliphatic hydroxyl groups is 1. The zero-order valence-corrected chi connectivity index (χ0v) is 14.6. The quantitative estimate of drug-likeness (QED) is 0.413. The predicted octanol–water partition coefficient (Wildman–Crippen LogP) is 2.08. The molecule has 28 heavy (non-hydrogen) atoms. The molecule has 0 aliphatic carbocycles. The van der Waals surface area contributed by atoms with Gasteiger partial charge in [-0.25, -0.2) is 4.79 Å². The van der Waals surface area contributed by atoms with Crippen LogP contribution in [0.2, 0.25) is 0 Å². The molecule has 0 aliphatic rings. The standard InChI is InChI=1S/C17H15N3O8/c1-28-17(23)12-5-3-2-4-11(12)16(22)18-14-8-10(19(24)25)9-15(20(26)27)13(14)6-7-21/h2-5,8-9,21H,6-7H2,1H3,(H,18,22). The largest absolute Gasteiger partial charge is 0.465 e. The first-order chi connectivity index (χ1) is 13.3. The number of rotatable bonds is 7. The normalized spacial score (nSPS) is 10.2. The zero-order valence-electron chi connectivity index (χ0n) is 14.6. The lowest BCUT2D eigenvalue weighted by Gasteiger charge is -2.12. The second-order valence-corrected chi connectivity index (χ2v) is 5.47. The summed E-state index contributed by atoms with van der Waals surface area (Å²) < 4.78 is 4.61. The summed E-state index contributed by atoms with van der Waals surface area (Å²) in [6, 6.07) is 7.40. The molecule has 146 valence electrons. The second-order valence-electron chi connectivity index (χ2n) is 5.47. The molecule has 0 saturated carbocycles. The number of non-ortho nitro benzene ring substituents is 1. The molecular weight excluding hydrogens is 374 g/mol. The minimum Gasteiger partial charge on any atom is -0.465 e. The summed E-state index contributed by atoms with van der Waals surface area (Å²) in [5, 5.41) is 33.9. The van der Waals surface area contributed by atoms with Crippen LogP contribution in [-0.2, 0) is 11.2 Å². The number of aliphatic hydroxyl groups excluding tert-OH is 1. The molecule has 0 bridgehead atoms. The Morgan fingerprint density at radius 3 is 2.29 bits per heavy atom. The molecule has 0 radical (unpaired) electrons. The van der Waals surface area contributed by atoms with Crippen LogP contribution < -0.4 is 5.32 Å². The fraction of sp³-hybridized carbons (Fsp3) is 0.176. The summed E-state index contributed by atoms with van der Waals surface area (Å²) in [5.41, 5.74) is -1.64. The summed E-state index contributed by atoms with van der Waals surface area (Å²) in [7, 11) is 1.14. The number of anilines is 1. The van der Waals surface area contributed by atoms with Gasteiger partial charge in [0.1, 0.15) is 0 Å². The first kappa shape index (κ1) is 20.5. The summed E-state index contributed by atoms with van der Waals surface area (Å²) in [5.74, 6) is -1.60. The van der Waals surface area contributed by atoms with Crippen LogP contribution in [0.15, 0.2) is 36.4 Å². The molecule has 0 atom stereocenters. The van der Waals surface area contributed by atoms with Crippen LogP contribution in [0.25, 0.3) is 0 Å². The Morgan fingerprint density at radius 1 is 1.11 bits per heavy atom. The van der Waals surface area contributed by atoms with Gasteiger partial charge in [-0.1, -0.05) is 12.1 Å². The number of hydrogen-bond acceptors (Lipinski definition) is 8. The van der Waals surface area contributed by atoms with E-state index in [1.165, 1.54) is 24.3 Å². The second kappa shape index (κ2) is 8.68. The van der Waals surface area contributed by atoms with Gasteiger partial charge in [0.25, 0.3) is 17.3 Å². The highest BCUT2D eigenvalue weighted by Crippen LogP contribution is 2.33. The lowest BCUT2D eigenvalue weighted by molar-refractivity contribution is -0.394. The van der Waals surface area contributed by atoms with Gasteiger partial charge >= 0.3 is 5.97 Å². The first-order valence-electron chi connectivity index (χ1n) is 7.85. The molecular formula is C17H15N3O8. The van der Waals surface area contributed by atoms with Crippen molar-refractivity contribution in [1.29, 1.82) is 0 Å². The topological polar surface area (TPSA) is 162 Å². The number of amides is 1. The van der Waals surface area contributed by atoms with Crippen molar-refractivity contribution >= 4 is 28.9 Å². The Morgan fingerprint density at radius 2 is 1.75 bits per heavy atom. The van der Waals surface area contributed by atoms with E-state index in [9.17, 15) is 34.9 Å². The number of ether oxygens (including phenoxy) is 1. The van der Waals surface area contributed by atoms with Gasteiger partial charge in [0.2, 0.25) is 0 Å². The minimum atomic E-state index is -0.840. The van der Waals surface area contributed by atoms with Crippen LogP contribution in [0.1, 0.15) is 26.3 Å². The molecule has 1 amide bonds. The van der Waals surface area contributed by atoms with Crippen molar-refractivity contribution in [3.8, 4) is 0 Å². The van der Waals surface area contributed by atoms with Gasteiger partial charge in [0.15, 0.2) is 0 Å². The molecule has 11 heteroatoms. The number of esters is 1. The molecule has 0 unspecified atom stereocenters. The molecule has 2 aromatic rings. The average Bonchev–Trinajstić information content (AvgIpc) is 2.68. The Bertz CT molecular complexity index is 957. The first-order valence-corrected chi connectivity index (χ1v) is 7.85. The van der Waals surface area contributed by atoms with Gasteiger partial charge in [-0.05, 0) is 12.1 Å². The third kappa shape index (κ3) is 4.27. The molecule has 0 heterocycles. The van der Waals surface area contributed by atoms with E-state index in [4.69, 9.17) is 0 Å². The Hall–Kier alpha value is -3.86. The zero-order chi connectivity index (χ0) is 20.8. The number of carbonyl (C=O) groups is 2. The van der Waals surface area contributed by atoms with Crippen molar-refractivity contribution in [2.24, 2.45) is 0 Å². The van der Waals surface area contributed by atoms with Gasteiger partial charge in [-0.2, -0.15) is 0 Å². The summed E-state index contributed by atoms with van der Waals surface area (Å²) >= 11 is 0. The number of benzene rings is 2. The summed E-state index contributed by atoms with van der Waals surface area (Å²) in [6.45, 7) is -0.486. The number of methoxy groups -OCH3 is 1. The van der Waals surface area contributed by atoms with Crippen LogP contribution in [0, 0.1) is 20.2 Å². The molecule has 11 nitrogen and oxygen atoms in total. The van der Waals surface area contributed by atoms with Gasteiger partial charge < -0.3 is 15.2 Å². The number of hydrogen-bond donors (Lipinski definition) is 2. The highest BCUT2D eigenvalue weighted by molar-refractivity contribution is 6.11. The third-order valence-corrected chi connectivity index (χ3v) is 3.81. The van der Waals surface area contributed by atoms with Gasteiger partial charge in [-0.3, -0.25) is 25.0 Å². The van der Waals surface area contributed by atoms with E-state index >= 15 is 0 Å². The van der Waals surface area contributed by atoms with E-state index in [0.29, 0.717) is 0 Å². The monoisotopic (exact) mass is 389 g/mol. The lowest BCUT2D eigenvalue weighted by Crippen LogP contribution is -2.18. The van der Waals surface area contributed by atoms with Crippen molar-refractivity contribution in [3.05, 3.63) is 73.3 Å². The Labute approximate surface area is 157 Å². The molecule has 0 spiro atoms. The van der Waals surface area contributed by atoms with Crippen LogP contribution in [-0.4, -0.2) is 40.5 Å². The van der Waals surface area contributed by atoms with E-state index < -0.39 is 39.7 Å². The van der Waals surface area contributed by atoms with Crippen molar-refractivity contribution in [1.82, 2.24) is 0 Å². The van der Waals surface area contributed by atoms with E-state index in [2.05, 4.69) is 10.1 Å².